The smallest absolute Gasteiger partial charge is 0.196 e. The van der Waals surface area contributed by atoms with Crippen LogP contribution in [0, 0.1) is 5.92 Å². The van der Waals surface area contributed by atoms with Crippen molar-refractivity contribution in [3.63, 3.8) is 0 Å². The van der Waals surface area contributed by atoms with Crippen LogP contribution in [0.2, 0.25) is 0 Å². The van der Waals surface area contributed by atoms with E-state index in [1.165, 1.54) is 12.8 Å². The molecule has 1 fully saturated rings. The Morgan fingerprint density at radius 1 is 1.50 bits per heavy atom. The molecule has 0 saturated carbocycles. The average molecular weight is 170 g/mol. The topological polar surface area (TPSA) is 24.8 Å². The van der Waals surface area contributed by atoms with E-state index in [1.54, 1.807) is 6.40 Å². The molecule has 3 nitrogen and oxygen atoms in total. The summed E-state index contributed by atoms with van der Waals surface area (Å²) in [5.41, 5.74) is 0. The van der Waals surface area contributed by atoms with Crippen LogP contribution in [0.25, 0.3) is 0 Å². The summed E-state index contributed by atoms with van der Waals surface area (Å²) < 4.78 is 0. The summed E-state index contributed by atoms with van der Waals surface area (Å²) >= 11 is 0. The van der Waals surface area contributed by atoms with Crippen molar-refractivity contribution < 1.29 is 4.84 Å². The predicted octanol–water partition coefficient (Wildman–Crippen LogP) is 1.70. The Balaban J connectivity index is 2.13. The highest BCUT2D eigenvalue weighted by atomic mass is 16.7. The number of rotatable bonds is 3. The minimum absolute atomic E-state index is 0.796. The highest BCUT2D eigenvalue weighted by molar-refractivity contribution is 5.45. The van der Waals surface area contributed by atoms with Crippen molar-refractivity contribution in [1.82, 2.24) is 5.06 Å². The molecule has 12 heavy (non-hydrogen) atoms. The summed E-state index contributed by atoms with van der Waals surface area (Å²) in [6.45, 7) is 7.16. The van der Waals surface area contributed by atoms with E-state index in [4.69, 9.17) is 4.84 Å². The molecular formula is C9H18N2O. The monoisotopic (exact) mass is 170 g/mol. The Hall–Kier alpha value is -0.570. The van der Waals surface area contributed by atoms with Crippen LogP contribution >= 0.6 is 0 Å². The molecule has 1 aliphatic rings. The number of piperidine rings is 1. The largest absolute Gasteiger partial charge is 0.394 e. The maximum atomic E-state index is 5.31. The molecule has 0 atom stereocenters. The molecule has 0 aromatic carbocycles. The van der Waals surface area contributed by atoms with E-state index < -0.39 is 0 Å². The minimum atomic E-state index is 0.796. The number of aliphatic imine (C=N–C) groups is 1. The molecule has 3 heteroatoms. The number of hydrogen-bond donors (Lipinski definition) is 0. The first-order valence-electron chi connectivity index (χ1n) is 4.73. The van der Waals surface area contributed by atoms with Crippen LogP contribution in [-0.2, 0) is 4.84 Å². The zero-order chi connectivity index (χ0) is 8.81. The minimum Gasteiger partial charge on any atom is -0.394 e. The van der Waals surface area contributed by atoms with Crippen LogP contribution in [0.4, 0.5) is 0 Å². The number of nitrogens with zero attached hydrogens (tertiary/aromatic N) is 2. The van der Waals surface area contributed by atoms with Gasteiger partial charge in [0, 0.05) is 19.6 Å². The summed E-state index contributed by atoms with van der Waals surface area (Å²) in [5, 5.41) is 1.99. The third-order valence-corrected chi connectivity index (χ3v) is 2.20. The van der Waals surface area contributed by atoms with Gasteiger partial charge in [-0.15, -0.1) is 5.06 Å². The molecule has 70 valence electrons. The standard InChI is InChI=1S/C9H18N2O/c1-3-10-8-12-11-6-4-9(2)5-7-11/h8-9H,3-7H2,1-2H3. The Labute approximate surface area is 74.4 Å². The summed E-state index contributed by atoms with van der Waals surface area (Å²) in [6.07, 6.45) is 4.02. The van der Waals surface area contributed by atoms with Gasteiger partial charge in [0.1, 0.15) is 0 Å². The zero-order valence-corrected chi connectivity index (χ0v) is 7.99. The van der Waals surface area contributed by atoms with Crippen molar-refractivity contribution >= 4 is 6.40 Å². The third kappa shape index (κ3) is 3.22. The number of hydroxylamine groups is 2. The van der Waals surface area contributed by atoms with E-state index in [2.05, 4.69) is 11.9 Å². The Bertz CT molecular complexity index is 139. The van der Waals surface area contributed by atoms with Crippen molar-refractivity contribution in [3.8, 4) is 0 Å². The van der Waals surface area contributed by atoms with Crippen LogP contribution in [0.1, 0.15) is 26.7 Å². The maximum absolute atomic E-state index is 5.31. The van der Waals surface area contributed by atoms with Crippen LogP contribution in [0.3, 0.4) is 0 Å². The van der Waals surface area contributed by atoms with Crippen molar-refractivity contribution in [2.24, 2.45) is 10.9 Å². The van der Waals surface area contributed by atoms with Gasteiger partial charge in [0.15, 0.2) is 6.40 Å². The Morgan fingerprint density at radius 2 is 2.17 bits per heavy atom. The maximum Gasteiger partial charge on any atom is 0.196 e. The van der Waals surface area contributed by atoms with E-state index in [0.717, 1.165) is 25.6 Å². The van der Waals surface area contributed by atoms with Crippen molar-refractivity contribution in [1.29, 1.82) is 0 Å². The van der Waals surface area contributed by atoms with Crippen molar-refractivity contribution in [2.75, 3.05) is 19.6 Å². The molecule has 0 amide bonds. The first-order valence-corrected chi connectivity index (χ1v) is 4.73. The van der Waals surface area contributed by atoms with E-state index >= 15 is 0 Å². The van der Waals surface area contributed by atoms with Crippen molar-refractivity contribution in [2.45, 2.75) is 26.7 Å². The van der Waals surface area contributed by atoms with Gasteiger partial charge in [0.2, 0.25) is 0 Å². The summed E-state index contributed by atoms with van der Waals surface area (Å²) in [6, 6.07) is 0. The molecule has 0 aromatic rings. The second kappa shape index (κ2) is 5.14. The lowest BCUT2D eigenvalue weighted by Crippen LogP contribution is -2.32. The lowest BCUT2D eigenvalue weighted by molar-refractivity contribution is -0.0875. The SMILES string of the molecule is CCN=CON1CCC(C)CC1. The molecule has 0 radical (unpaired) electrons. The van der Waals surface area contributed by atoms with E-state index in [1.807, 2.05) is 12.0 Å². The van der Waals surface area contributed by atoms with Gasteiger partial charge in [-0.3, -0.25) is 4.99 Å². The molecular weight excluding hydrogens is 152 g/mol. The first kappa shape index (κ1) is 9.52. The molecule has 1 rings (SSSR count). The fraction of sp³-hybridized carbons (Fsp3) is 0.889. The average Bonchev–Trinajstić information content (AvgIpc) is 2.09. The van der Waals surface area contributed by atoms with E-state index in [-0.39, 0.29) is 0 Å². The van der Waals surface area contributed by atoms with Gasteiger partial charge < -0.3 is 4.84 Å². The second-order valence-electron chi connectivity index (χ2n) is 3.32. The molecule has 0 unspecified atom stereocenters. The van der Waals surface area contributed by atoms with Gasteiger partial charge >= 0.3 is 0 Å². The quantitative estimate of drug-likeness (QED) is 0.475. The predicted molar refractivity (Wildman–Crippen MR) is 50.1 cm³/mol. The Morgan fingerprint density at radius 3 is 2.75 bits per heavy atom. The molecule has 0 bridgehead atoms. The van der Waals surface area contributed by atoms with Gasteiger partial charge in [-0.05, 0) is 25.7 Å². The van der Waals surface area contributed by atoms with Gasteiger partial charge in [-0.2, -0.15) is 0 Å². The van der Waals surface area contributed by atoms with Crippen LogP contribution in [-0.4, -0.2) is 31.1 Å². The molecule has 0 spiro atoms. The fourth-order valence-corrected chi connectivity index (χ4v) is 1.26. The zero-order valence-electron chi connectivity index (χ0n) is 7.99. The summed E-state index contributed by atoms with van der Waals surface area (Å²) in [7, 11) is 0. The fourth-order valence-electron chi connectivity index (χ4n) is 1.26. The van der Waals surface area contributed by atoms with E-state index in [0.29, 0.717) is 0 Å². The molecule has 1 saturated heterocycles. The van der Waals surface area contributed by atoms with E-state index in [9.17, 15) is 0 Å². The Kier molecular flexibility index (Phi) is 4.08. The van der Waals surface area contributed by atoms with Gasteiger partial charge in [0.25, 0.3) is 0 Å². The molecule has 0 N–H and O–H groups in total. The highest BCUT2D eigenvalue weighted by Gasteiger charge is 2.15. The lowest BCUT2D eigenvalue weighted by atomic mass is 10.0. The normalized spacial score (nSPS) is 21.8. The molecule has 1 heterocycles. The van der Waals surface area contributed by atoms with Gasteiger partial charge in [-0.25, -0.2) is 0 Å². The van der Waals surface area contributed by atoms with Gasteiger partial charge in [0.05, 0.1) is 0 Å². The summed E-state index contributed by atoms with van der Waals surface area (Å²) in [4.78, 5) is 9.31. The molecule has 0 aromatic heterocycles. The number of hydrogen-bond acceptors (Lipinski definition) is 3. The molecule has 0 aliphatic carbocycles. The first-order chi connectivity index (χ1) is 5.83. The van der Waals surface area contributed by atoms with Crippen molar-refractivity contribution in [3.05, 3.63) is 0 Å². The lowest BCUT2D eigenvalue weighted by Gasteiger charge is -2.27. The van der Waals surface area contributed by atoms with Gasteiger partial charge in [-0.1, -0.05) is 6.92 Å². The highest BCUT2D eigenvalue weighted by Crippen LogP contribution is 2.15. The summed E-state index contributed by atoms with van der Waals surface area (Å²) in [5.74, 6) is 0.855. The third-order valence-electron chi connectivity index (χ3n) is 2.20. The second-order valence-corrected chi connectivity index (χ2v) is 3.32. The van der Waals surface area contributed by atoms with Crippen LogP contribution in [0.5, 0.6) is 0 Å². The van der Waals surface area contributed by atoms with Crippen LogP contribution in [0.15, 0.2) is 4.99 Å². The molecule has 1 aliphatic heterocycles. The van der Waals surface area contributed by atoms with Crippen LogP contribution < -0.4 is 0 Å².